The molecule has 2 rings (SSSR count). The molecule has 2 aromatic rings. The molecule has 0 aliphatic heterocycles. The van der Waals surface area contributed by atoms with Gasteiger partial charge in [0.1, 0.15) is 5.82 Å². The minimum atomic E-state index is -0.208. The Morgan fingerprint density at radius 2 is 2.00 bits per heavy atom. The van der Waals surface area contributed by atoms with Crippen LogP contribution in [0.3, 0.4) is 0 Å². The minimum Gasteiger partial charge on any atom is -0.310 e. The molecular formula is C16H16BrClFN. The second kappa shape index (κ2) is 7.21. The predicted octanol–water partition coefficient (Wildman–Crippen LogP) is 5.13. The van der Waals surface area contributed by atoms with Crippen LogP contribution in [0, 0.1) is 5.82 Å². The lowest BCUT2D eigenvalue weighted by Crippen LogP contribution is -2.24. The third kappa shape index (κ3) is 3.81. The van der Waals surface area contributed by atoms with Crippen molar-refractivity contribution in [2.24, 2.45) is 0 Å². The molecule has 0 aromatic heterocycles. The first-order valence-corrected chi connectivity index (χ1v) is 7.70. The highest BCUT2D eigenvalue weighted by Crippen LogP contribution is 2.26. The van der Waals surface area contributed by atoms with Crippen LogP contribution in [0.25, 0.3) is 0 Å². The molecule has 0 aliphatic rings. The van der Waals surface area contributed by atoms with Crippen molar-refractivity contribution in [2.75, 3.05) is 6.54 Å². The largest absolute Gasteiger partial charge is 0.310 e. The number of rotatable bonds is 5. The van der Waals surface area contributed by atoms with Gasteiger partial charge < -0.3 is 5.32 Å². The third-order valence-electron chi connectivity index (χ3n) is 3.14. The van der Waals surface area contributed by atoms with Gasteiger partial charge in [-0.05, 0) is 52.7 Å². The van der Waals surface area contributed by atoms with Crippen molar-refractivity contribution >= 4 is 27.5 Å². The van der Waals surface area contributed by atoms with Crippen molar-refractivity contribution in [3.8, 4) is 0 Å². The van der Waals surface area contributed by atoms with Crippen molar-refractivity contribution in [1.29, 1.82) is 0 Å². The highest BCUT2D eigenvalue weighted by Gasteiger charge is 2.17. The van der Waals surface area contributed by atoms with E-state index in [9.17, 15) is 4.39 Å². The molecule has 1 unspecified atom stereocenters. The molecular weight excluding hydrogens is 341 g/mol. The Morgan fingerprint density at radius 1 is 1.25 bits per heavy atom. The SMILES string of the molecule is CCNC(Cc1cccc(Cl)c1)c1cccc(Br)c1F. The highest BCUT2D eigenvalue weighted by atomic mass is 79.9. The maximum Gasteiger partial charge on any atom is 0.142 e. The molecule has 0 heterocycles. The van der Waals surface area contributed by atoms with Crippen LogP contribution in [0.5, 0.6) is 0 Å². The fraction of sp³-hybridized carbons (Fsp3) is 0.250. The molecule has 1 N–H and O–H groups in total. The summed E-state index contributed by atoms with van der Waals surface area (Å²) < 4.78 is 14.7. The van der Waals surface area contributed by atoms with Gasteiger partial charge in [0.2, 0.25) is 0 Å². The van der Waals surface area contributed by atoms with Gasteiger partial charge in [0, 0.05) is 16.6 Å². The molecule has 0 amide bonds. The van der Waals surface area contributed by atoms with Crippen LogP contribution in [0.4, 0.5) is 4.39 Å². The maximum absolute atomic E-state index is 14.2. The van der Waals surface area contributed by atoms with E-state index < -0.39 is 0 Å². The smallest absolute Gasteiger partial charge is 0.142 e. The van der Waals surface area contributed by atoms with Crippen molar-refractivity contribution in [3.05, 3.63) is 68.9 Å². The van der Waals surface area contributed by atoms with Crippen LogP contribution in [0.15, 0.2) is 46.9 Å². The molecule has 2 aromatic carbocycles. The van der Waals surface area contributed by atoms with E-state index in [1.165, 1.54) is 0 Å². The van der Waals surface area contributed by atoms with Crippen molar-refractivity contribution in [3.63, 3.8) is 0 Å². The third-order valence-corrected chi connectivity index (χ3v) is 3.98. The zero-order chi connectivity index (χ0) is 14.5. The average Bonchev–Trinajstić information content (AvgIpc) is 2.42. The molecule has 4 heteroatoms. The molecule has 106 valence electrons. The Bertz CT molecular complexity index is 588. The molecule has 0 bridgehead atoms. The predicted molar refractivity (Wildman–Crippen MR) is 85.7 cm³/mol. The highest BCUT2D eigenvalue weighted by molar-refractivity contribution is 9.10. The topological polar surface area (TPSA) is 12.0 Å². The van der Waals surface area contributed by atoms with Crippen molar-refractivity contribution < 1.29 is 4.39 Å². The second-order valence-corrected chi connectivity index (χ2v) is 5.88. The summed E-state index contributed by atoms with van der Waals surface area (Å²) in [6.45, 7) is 2.79. The van der Waals surface area contributed by atoms with Crippen LogP contribution >= 0.6 is 27.5 Å². The van der Waals surface area contributed by atoms with E-state index in [-0.39, 0.29) is 11.9 Å². The zero-order valence-corrected chi connectivity index (χ0v) is 13.5. The van der Waals surface area contributed by atoms with Gasteiger partial charge in [0.25, 0.3) is 0 Å². The van der Waals surface area contributed by atoms with E-state index in [4.69, 9.17) is 11.6 Å². The first-order valence-electron chi connectivity index (χ1n) is 6.53. The number of likely N-dealkylation sites (N-methyl/N-ethyl adjacent to an activating group) is 1. The quantitative estimate of drug-likeness (QED) is 0.782. The summed E-state index contributed by atoms with van der Waals surface area (Å²) in [6, 6.07) is 13.0. The van der Waals surface area contributed by atoms with Gasteiger partial charge in [0.05, 0.1) is 4.47 Å². The van der Waals surface area contributed by atoms with Gasteiger partial charge in [-0.1, -0.05) is 42.8 Å². The Labute approximate surface area is 132 Å². The lowest BCUT2D eigenvalue weighted by molar-refractivity contribution is 0.507. The maximum atomic E-state index is 14.2. The molecule has 0 spiro atoms. The van der Waals surface area contributed by atoms with E-state index in [0.717, 1.165) is 12.1 Å². The van der Waals surface area contributed by atoms with E-state index in [0.29, 0.717) is 21.5 Å². The van der Waals surface area contributed by atoms with Gasteiger partial charge in [-0.2, -0.15) is 0 Å². The molecule has 0 saturated heterocycles. The zero-order valence-electron chi connectivity index (χ0n) is 11.2. The van der Waals surface area contributed by atoms with E-state index >= 15 is 0 Å². The molecule has 0 fully saturated rings. The van der Waals surface area contributed by atoms with Gasteiger partial charge in [0.15, 0.2) is 0 Å². The lowest BCUT2D eigenvalue weighted by Gasteiger charge is -2.19. The Balaban J connectivity index is 2.29. The van der Waals surface area contributed by atoms with Crippen molar-refractivity contribution in [2.45, 2.75) is 19.4 Å². The second-order valence-electron chi connectivity index (χ2n) is 4.59. The summed E-state index contributed by atoms with van der Waals surface area (Å²) in [5.74, 6) is -0.208. The van der Waals surface area contributed by atoms with Crippen LogP contribution in [-0.4, -0.2) is 6.54 Å². The number of hydrogen-bond acceptors (Lipinski definition) is 1. The fourth-order valence-corrected chi connectivity index (χ4v) is 2.82. The van der Waals surface area contributed by atoms with Crippen LogP contribution in [0.2, 0.25) is 5.02 Å². The molecule has 0 saturated carbocycles. The van der Waals surface area contributed by atoms with Crippen LogP contribution in [0.1, 0.15) is 24.1 Å². The Kier molecular flexibility index (Phi) is 5.58. The first kappa shape index (κ1) is 15.5. The summed E-state index contributed by atoms with van der Waals surface area (Å²) in [5, 5.41) is 4.03. The van der Waals surface area contributed by atoms with E-state index in [1.54, 1.807) is 6.07 Å². The minimum absolute atomic E-state index is 0.0732. The molecule has 0 aliphatic carbocycles. The van der Waals surface area contributed by atoms with Crippen LogP contribution in [-0.2, 0) is 6.42 Å². The summed E-state index contributed by atoms with van der Waals surface area (Å²) >= 11 is 9.24. The number of hydrogen-bond donors (Lipinski definition) is 1. The monoisotopic (exact) mass is 355 g/mol. The van der Waals surface area contributed by atoms with Gasteiger partial charge in [-0.25, -0.2) is 4.39 Å². The lowest BCUT2D eigenvalue weighted by atomic mass is 9.98. The number of nitrogens with one attached hydrogen (secondary N) is 1. The molecule has 1 atom stereocenters. The van der Waals surface area contributed by atoms with Crippen LogP contribution < -0.4 is 5.32 Å². The summed E-state index contributed by atoms with van der Waals surface area (Å²) in [6.07, 6.45) is 0.696. The standard InChI is InChI=1S/C16H16BrClFN/c1-2-20-15(10-11-5-3-6-12(18)9-11)13-7-4-8-14(17)16(13)19/h3-9,15,20H,2,10H2,1H3. The average molecular weight is 357 g/mol. The number of benzene rings is 2. The molecule has 1 nitrogen and oxygen atoms in total. The van der Waals surface area contributed by atoms with Crippen molar-refractivity contribution in [1.82, 2.24) is 5.32 Å². The summed E-state index contributed by atoms with van der Waals surface area (Å²) in [7, 11) is 0. The molecule has 20 heavy (non-hydrogen) atoms. The Hall–Kier alpha value is -0.900. The first-order chi connectivity index (χ1) is 9.61. The molecule has 0 radical (unpaired) electrons. The van der Waals surface area contributed by atoms with Gasteiger partial charge in [-0.3, -0.25) is 0 Å². The van der Waals surface area contributed by atoms with E-state index in [1.807, 2.05) is 43.3 Å². The van der Waals surface area contributed by atoms with Gasteiger partial charge >= 0.3 is 0 Å². The summed E-state index contributed by atoms with van der Waals surface area (Å²) in [4.78, 5) is 0. The normalized spacial score (nSPS) is 12.4. The summed E-state index contributed by atoms with van der Waals surface area (Å²) in [5.41, 5.74) is 1.75. The fourth-order valence-electron chi connectivity index (χ4n) is 2.23. The number of halogens is 3. The van der Waals surface area contributed by atoms with Gasteiger partial charge in [-0.15, -0.1) is 0 Å². The van der Waals surface area contributed by atoms with E-state index in [2.05, 4.69) is 21.2 Å². The Morgan fingerprint density at radius 3 is 2.70 bits per heavy atom.